The number of rotatable bonds is 16. The van der Waals surface area contributed by atoms with E-state index in [4.69, 9.17) is 9.31 Å². The average Bonchev–Trinajstić information content (AvgIpc) is 3.47. The predicted molar refractivity (Wildman–Crippen MR) is 200 cm³/mol. The van der Waals surface area contributed by atoms with Gasteiger partial charge in [-0.15, -0.1) is 0 Å². The minimum atomic E-state index is -4.92. The number of fused-ring (bicyclic) bond motifs is 3. The molecular weight excluding hydrogens is 673 g/mol. The second kappa shape index (κ2) is 15.9. The van der Waals surface area contributed by atoms with Gasteiger partial charge in [0.1, 0.15) is 0 Å². The lowest BCUT2D eigenvalue weighted by molar-refractivity contribution is -0.143. The molecule has 3 aromatic carbocycles. The number of halogens is 6. The number of alkyl halides is 6. The van der Waals surface area contributed by atoms with Gasteiger partial charge in [0.25, 0.3) is 0 Å². The van der Waals surface area contributed by atoms with Crippen LogP contribution in [0.5, 0.6) is 0 Å². The van der Waals surface area contributed by atoms with Gasteiger partial charge in [0.15, 0.2) is 0 Å². The number of hydrogen-bond acceptors (Lipinski definition) is 2. The molecule has 0 saturated carbocycles. The molecule has 1 aliphatic carbocycles. The molecule has 0 spiro atoms. The second-order valence-corrected chi connectivity index (χ2v) is 16.1. The summed E-state index contributed by atoms with van der Waals surface area (Å²) in [5.74, 6) is 0. The Labute approximate surface area is 307 Å². The van der Waals surface area contributed by atoms with Crippen LogP contribution < -0.4 is 5.46 Å². The number of benzene rings is 3. The van der Waals surface area contributed by atoms with E-state index in [1.807, 2.05) is 45.9 Å². The standard InChI is InChI=1S/C43H55BF6O2/c1-7-9-11-13-15-17-23-41(24-18-16-14-12-10-8-2)37-27-30(31-25-32(42(45,46)47)28-33(26-31)43(48,49)50)19-21-35(37)36-22-20-34(29-38(36)41)44-51-39(3,4)40(5,6)52-44/h19-22,25-29H,7-18,23-24H2,1-6H3. The highest BCUT2D eigenvalue weighted by atomic mass is 19.4. The lowest BCUT2D eigenvalue weighted by atomic mass is 9.68. The molecule has 0 N–H and O–H groups in total. The second-order valence-electron chi connectivity index (χ2n) is 16.1. The summed E-state index contributed by atoms with van der Waals surface area (Å²) in [6.07, 6.45) is 5.12. The molecule has 1 heterocycles. The zero-order valence-corrected chi connectivity index (χ0v) is 31.8. The number of unbranched alkanes of at least 4 members (excludes halogenated alkanes) is 10. The summed E-state index contributed by atoms with van der Waals surface area (Å²) >= 11 is 0. The molecule has 0 bridgehead atoms. The van der Waals surface area contributed by atoms with Crippen molar-refractivity contribution < 1.29 is 35.7 Å². The molecule has 52 heavy (non-hydrogen) atoms. The molecule has 0 radical (unpaired) electrons. The van der Waals surface area contributed by atoms with Gasteiger partial charge in [0, 0.05) is 5.41 Å². The Morgan fingerprint density at radius 2 is 0.962 bits per heavy atom. The maximum Gasteiger partial charge on any atom is 0.494 e. The van der Waals surface area contributed by atoms with Crippen molar-refractivity contribution in [2.75, 3.05) is 0 Å². The van der Waals surface area contributed by atoms with E-state index in [0.717, 1.165) is 104 Å². The van der Waals surface area contributed by atoms with Crippen LogP contribution in [-0.4, -0.2) is 18.3 Å². The van der Waals surface area contributed by atoms with E-state index in [0.29, 0.717) is 5.56 Å². The first-order valence-electron chi connectivity index (χ1n) is 19.4. The van der Waals surface area contributed by atoms with Crippen LogP contribution >= 0.6 is 0 Å². The summed E-state index contributed by atoms with van der Waals surface area (Å²) in [5.41, 5.74) is 1.21. The molecule has 0 amide bonds. The Bertz CT molecular complexity index is 1610. The molecule has 284 valence electrons. The highest BCUT2D eigenvalue weighted by Crippen LogP contribution is 2.55. The van der Waals surface area contributed by atoms with Gasteiger partial charge in [-0.3, -0.25) is 0 Å². The van der Waals surface area contributed by atoms with E-state index in [1.54, 1.807) is 6.07 Å². The summed E-state index contributed by atoms with van der Waals surface area (Å²) in [6.45, 7) is 12.5. The van der Waals surface area contributed by atoms with Gasteiger partial charge >= 0.3 is 19.5 Å². The third-order valence-electron chi connectivity index (χ3n) is 11.7. The average molecular weight is 729 g/mol. The van der Waals surface area contributed by atoms with Crippen LogP contribution in [0.15, 0.2) is 54.6 Å². The van der Waals surface area contributed by atoms with Gasteiger partial charge in [-0.25, -0.2) is 0 Å². The molecule has 0 atom stereocenters. The minimum absolute atomic E-state index is 0.0909. The van der Waals surface area contributed by atoms with E-state index < -0.39 is 47.2 Å². The molecule has 0 unspecified atom stereocenters. The van der Waals surface area contributed by atoms with Crippen LogP contribution in [0.3, 0.4) is 0 Å². The Morgan fingerprint density at radius 1 is 0.519 bits per heavy atom. The van der Waals surface area contributed by atoms with Gasteiger partial charge < -0.3 is 9.31 Å². The normalized spacial score (nSPS) is 17.4. The van der Waals surface area contributed by atoms with Gasteiger partial charge in [-0.2, -0.15) is 26.3 Å². The third-order valence-corrected chi connectivity index (χ3v) is 11.7. The van der Waals surface area contributed by atoms with Crippen LogP contribution in [0.25, 0.3) is 22.3 Å². The van der Waals surface area contributed by atoms with E-state index in [9.17, 15) is 26.3 Å². The van der Waals surface area contributed by atoms with Crippen molar-refractivity contribution in [3.8, 4) is 22.3 Å². The maximum atomic E-state index is 13.9. The van der Waals surface area contributed by atoms with Gasteiger partial charge in [-0.1, -0.05) is 121 Å². The quantitative estimate of drug-likeness (QED) is 0.0831. The van der Waals surface area contributed by atoms with Gasteiger partial charge in [0.05, 0.1) is 22.3 Å². The van der Waals surface area contributed by atoms with Crippen molar-refractivity contribution in [3.63, 3.8) is 0 Å². The molecule has 1 aliphatic heterocycles. The Kier molecular flexibility index (Phi) is 12.4. The lowest BCUT2D eigenvalue weighted by Crippen LogP contribution is -2.41. The maximum absolute atomic E-state index is 13.9. The van der Waals surface area contributed by atoms with Crippen molar-refractivity contribution >= 4 is 12.6 Å². The van der Waals surface area contributed by atoms with Crippen molar-refractivity contribution in [2.24, 2.45) is 0 Å². The molecule has 0 aromatic heterocycles. The van der Waals surface area contributed by atoms with Crippen LogP contribution in [0.4, 0.5) is 26.3 Å². The van der Waals surface area contributed by atoms with Gasteiger partial charge in [0.2, 0.25) is 0 Å². The number of hydrogen-bond donors (Lipinski definition) is 0. The van der Waals surface area contributed by atoms with Crippen molar-refractivity contribution in [1.82, 2.24) is 0 Å². The highest BCUT2D eigenvalue weighted by Gasteiger charge is 2.52. The summed E-state index contributed by atoms with van der Waals surface area (Å²) in [4.78, 5) is 0. The fraction of sp³-hybridized carbons (Fsp3) is 0.581. The zero-order chi connectivity index (χ0) is 38.0. The first-order valence-corrected chi connectivity index (χ1v) is 19.4. The first kappa shape index (κ1) is 40.4. The Balaban J connectivity index is 1.64. The summed E-state index contributed by atoms with van der Waals surface area (Å²) in [7, 11) is -0.568. The van der Waals surface area contributed by atoms with Crippen molar-refractivity contribution in [1.29, 1.82) is 0 Å². The van der Waals surface area contributed by atoms with Crippen LogP contribution in [0.1, 0.15) is 154 Å². The van der Waals surface area contributed by atoms with Crippen molar-refractivity contribution in [2.45, 2.75) is 160 Å². The largest absolute Gasteiger partial charge is 0.494 e. The summed E-state index contributed by atoms with van der Waals surface area (Å²) in [5, 5.41) is 0. The molecule has 2 aliphatic rings. The van der Waals surface area contributed by atoms with Crippen LogP contribution in [0.2, 0.25) is 0 Å². The van der Waals surface area contributed by atoms with Crippen LogP contribution in [-0.2, 0) is 27.1 Å². The molecule has 9 heteroatoms. The van der Waals surface area contributed by atoms with E-state index >= 15 is 0 Å². The van der Waals surface area contributed by atoms with Crippen LogP contribution in [0, 0.1) is 0 Å². The monoisotopic (exact) mass is 728 g/mol. The molecule has 1 fully saturated rings. The summed E-state index contributed by atoms with van der Waals surface area (Å²) in [6, 6.07) is 13.7. The topological polar surface area (TPSA) is 18.5 Å². The SMILES string of the molecule is CCCCCCCCC1(CCCCCCCC)c2cc(B3OC(C)(C)C(C)(C)O3)ccc2-c2ccc(-c3cc(C(F)(F)F)cc(C(F)(F)F)c3)cc21. The molecule has 2 nitrogen and oxygen atoms in total. The first-order chi connectivity index (χ1) is 24.4. The smallest absolute Gasteiger partial charge is 0.399 e. The minimum Gasteiger partial charge on any atom is -0.399 e. The molecule has 1 saturated heterocycles. The van der Waals surface area contributed by atoms with Gasteiger partial charge in [-0.05, 0) is 104 Å². The molecule has 5 rings (SSSR count). The molecule has 3 aromatic rings. The summed E-state index contributed by atoms with van der Waals surface area (Å²) < 4.78 is 96.6. The van der Waals surface area contributed by atoms with E-state index in [2.05, 4.69) is 26.0 Å². The third kappa shape index (κ3) is 8.62. The van der Waals surface area contributed by atoms with E-state index in [1.165, 1.54) is 25.7 Å². The predicted octanol–water partition coefficient (Wildman–Crippen LogP) is 13.5. The fourth-order valence-corrected chi connectivity index (χ4v) is 8.02. The highest BCUT2D eigenvalue weighted by molar-refractivity contribution is 6.62. The van der Waals surface area contributed by atoms with Crippen molar-refractivity contribution in [3.05, 3.63) is 76.9 Å². The zero-order valence-electron chi connectivity index (χ0n) is 31.8. The Hall–Kier alpha value is -2.78. The van der Waals surface area contributed by atoms with E-state index in [-0.39, 0.29) is 11.6 Å². The lowest BCUT2D eigenvalue weighted by Gasteiger charge is -2.33. The fourth-order valence-electron chi connectivity index (χ4n) is 8.02. The Morgan fingerprint density at radius 3 is 1.44 bits per heavy atom. The molecular formula is C43H55BF6O2.